The Morgan fingerprint density at radius 1 is 1.70 bits per heavy atom. The summed E-state index contributed by atoms with van der Waals surface area (Å²) in [6.45, 7) is 0. The zero-order valence-corrected chi connectivity index (χ0v) is 5.80. The molecule has 1 fully saturated rings. The molecule has 0 spiro atoms. The molecule has 0 radical (unpaired) electrons. The Morgan fingerprint density at radius 3 is 3.00 bits per heavy atom. The van der Waals surface area contributed by atoms with E-state index in [1.807, 2.05) is 0 Å². The van der Waals surface area contributed by atoms with Crippen LogP contribution in [0.2, 0.25) is 0 Å². The fourth-order valence-corrected chi connectivity index (χ4v) is 1.09. The first-order chi connectivity index (χ1) is 4.86. The third-order valence-electron chi connectivity index (χ3n) is 1.93. The lowest BCUT2D eigenvalue weighted by atomic mass is 10.2. The Hall–Kier alpha value is -0.990. The quantitative estimate of drug-likeness (QED) is 0.637. The Kier molecular flexibility index (Phi) is 1.16. The fourth-order valence-electron chi connectivity index (χ4n) is 1.09. The highest BCUT2D eigenvalue weighted by molar-refractivity contribution is 5.40. The molecule has 0 atom stereocenters. The highest BCUT2D eigenvalue weighted by Crippen LogP contribution is 2.33. The van der Waals surface area contributed by atoms with Crippen LogP contribution in [0, 0.1) is 5.92 Å². The van der Waals surface area contributed by atoms with E-state index in [-0.39, 0.29) is 0 Å². The van der Waals surface area contributed by atoms with Gasteiger partial charge in [-0.05, 0) is 25.2 Å². The van der Waals surface area contributed by atoms with Crippen LogP contribution in [-0.2, 0) is 6.42 Å². The van der Waals surface area contributed by atoms with Gasteiger partial charge in [0, 0.05) is 6.20 Å². The number of aromatic nitrogens is 2. The Balaban J connectivity index is 2.08. The summed E-state index contributed by atoms with van der Waals surface area (Å²) in [5, 5.41) is 6.80. The van der Waals surface area contributed by atoms with Crippen molar-refractivity contribution in [3.05, 3.63) is 11.9 Å². The summed E-state index contributed by atoms with van der Waals surface area (Å²) in [5.74, 6) is 0.866. The molecule has 0 amide bonds. The van der Waals surface area contributed by atoms with Crippen molar-refractivity contribution in [2.24, 2.45) is 5.92 Å². The lowest BCUT2D eigenvalue weighted by molar-refractivity contribution is 0.798. The highest BCUT2D eigenvalue weighted by atomic mass is 15.1. The molecule has 0 aromatic carbocycles. The van der Waals surface area contributed by atoms with Crippen LogP contribution in [0.25, 0.3) is 0 Å². The van der Waals surface area contributed by atoms with Gasteiger partial charge < -0.3 is 5.73 Å². The lowest BCUT2D eigenvalue weighted by Crippen LogP contribution is -1.92. The molecule has 10 heavy (non-hydrogen) atoms. The van der Waals surface area contributed by atoms with Crippen LogP contribution in [-0.4, -0.2) is 10.2 Å². The number of nitrogen functional groups attached to an aromatic ring is 1. The van der Waals surface area contributed by atoms with Crippen LogP contribution in [0.5, 0.6) is 0 Å². The SMILES string of the molecule is Nc1c[nH]nc1CC1CC1. The normalized spacial score (nSPS) is 17.6. The van der Waals surface area contributed by atoms with Crippen LogP contribution in [0.3, 0.4) is 0 Å². The molecule has 3 nitrogen and oxygen atoms in total. The molecule has 0 bridgehead atoms. The largest absolute Gasteiger partial charge is 0.396 e. The number of rotatable bonds is 2. The maximum atomic E-state index is 5.62. The van der Waals surface area contributed by atoms with Gasteiger partial charge in [-0.25, -0.2) is 0 Å². The topological polar surface area (TPSA) is 54.7 Å². The van der Waals surface area contributed by atoms with Crippen molar-refractivity contribution in [1.82, 2.24) is 10.2 Å². The van der Waals surface area contributed by atoms with E-state index in [2.05, 4.69) is 10.2 Å². The summed E-state index contributed by atoms with van der Waals surface area (Å²) in [5.41, 5.74) is 7.48. The smallest absolute Gasteiger partial charge is 0.0854 e. The van der Waals surface area contributed by atoms with Gasteiger partial charge in [-0.15, -0.1) is 0 Å². The van der Waals surface area contributed by atoms with Gasteiger partial charge in [-0.2, -0.15) is 5.10 Å². The minimum atomic E-state index is 0.812. The average molecular weight is 137 g/mol. The molecule has 1 aliphatic rings. The molecule has 1 heterocycles. The van der Waals surface area contributed by atoms with Crippen molar-refractivity contribution in [3.63, 3.8) is 0 Å². The van der Waals surface area contributed by atoms with Crippen molar-refractivity contribution in [1.29, 1.82) is 0 Å². The summed E-state index contributed by atoms with van der Waals surface area (Å²) in [6.07, 6.45) is 5.52. The fraction of sp³-hybridized carbons (Fsp3) is 0.571. The van der Waals surface area contributed by atoms with Gasteiger partial charge in [0.1, 0.15) is 0 Å². The van der Waals surface area contributed by atoms with Gasteiger partial charge in [-0.3, -0.25) is 5.10 Å². The predicted octanol–water partition coefficient (Wildman–Crippen LogP) is 0.944. The number of hydrogen-bond donors (Lipinski definition) is 2. The van der Waals surface area contributed by atoms with E-state index in [4.69, 9.17) is 5.73 Å². The monoisotopic (exact) mass is 137 g/mol. The van der Waals surface area contributed by atoms with Crippen LogP contribution in [0.15, 0.2) is 6.20 Å². The van der Waals surface area contributed by atoms with Gasteiger partial charge in [0.25, 0.3) is 0 Å². The molecule has 3 N–H and O–H groups in total. The van der Waals surface area contributed by atoms with Crippen molar-refractivity contribution >= 4 is 5.69 Å². The predicted molar refractivity (Wildman–Crippen MR) is 39.4 cm³/mol. The molecule has 2 rings (SSSR count). The standard InChI is InChI=1S/C7H11N3/c8-6-4-9-10-7(6)3-5-1-2-5/h4-5H,1-3,8H2,(H,9,10). The van der Waals surface area contributed by atoms with Crippen LogP contribution in [0.1, 0.15) is 18.5 Å². The van der Waals surface area contributed by atoms with E-state index in [1.165, 1.54) is 12.8 Å². The molecular weight excluding hydrogens is 126 g/mol. The number of nitrogens with one attached hydrogen (secondary N) is 1. The van der Waals surface area contributed by atoms with Crippen LogP contribution >= 0.6 is 0 Å². The first kappa shape index (κ1) is 5.77. The molecule has 0 saturated heterocycles. The molecular formula is C7H11N3. The third kappa shape index (κ3) is 0.988. The summed E-state index contributed by atoms with van der Waals surface area (Å²) >= 11 is 0. The zero-order chi connectivity index (χ0) is 6.97. The first-order valence-electron chi connectivity index (χ1n) is 3.64. The second kappa shape index (κ2) is 2.01. The third-order valence-corrected chi connectivity index (χ3v) is 1.93. The second-order valence-electron chi connectivity index (χ2n) is 2.93. The summed E-state index contributed by atoms with van der Waals surface area (Å²) < 4.78 is 0. The van der Waals surface area contributed by atoms with Gasteiger partial charge >= 0.3 is 0 Å². The van der Waals surface area contributed by atoms with Gasteiger partial charge in [0.2, 0.25) is 0 Å². The van der Waals surface area contributed by atoms with Crippen LogP contribution < -0.4 is 5.73 Å². The summed E-state index contributed by atoms with van der Waals surface area (Å²) in [7, 11) is 0. The first-order valence-corrected chi connectivity index (χ1v) is 3.64. The Labute approximate surface area is 59.6 Å². The average Bonchev–Trinajstić information content (AvgIpc) is 2.62. The lowest BCUT2D eigenvalue weighted by Gasteiger charge is -1.92. The number of aromatic amines is 1. The van der Waals surface area contributed by atoms with Gasteiger partial charge in [0.05, 0.1) is 11.4 Å². The van der Waals surface area contributed by atoms with Crippen molar-refractivity contribution in [2.45, 2.75) is 19.3 Å². The molecule has 54 valence electrons. The van der Waals surface area contributed by atoms with Gasteiger partial charge in [-0.1, -0.05) is 0 Å². The molecule has 1 aliphatic carbocycles. The Morgan fingerprint density at radius 2 is 2.50 bits per heavy atom. The van der Waals surface area contributed by atoms with E-state index >= 15 is 0 Å². The van der Waals surface area contributed by atoms with E-state index in [0.29, 0.717) is 0 Å². The van der Waals surface area contributed by atoms with Crippen LogP contribution in [0.4, 0.5) is 5.69 Å². The van der Waals surface area contributed by atoms with Crippen molar-refractivity contribution in [3.8, 4) is 0 Å². The minimum Gasteiger partial charge on any atom is -0.396 e. The number of anilines is 1. The van der Waals surface area contributed by atoms with Crippen molar-refractivity contribution in [2.75, 3.05) is 5.73 Å². The summed E-state index contributed by atoms with van der Waals surface area (Å²) in [6, 6.07) is 0. The van der Waals surface area contributed by atoms with Gasteiger partial charge in [0.15, 0.2) is 0 Å². The molecule has 1 aromatic rings. The second-order valence-corrected chi connectivity index (χ2v) is 2.93. The van der Waals surface area contributed by atoms with E-state index in [9.17, 15) is 0 Å². The molecule has 0 aliphatic heterocycles. The number of hydrogen-bond acceptors (Lipinski definition) is 2. The highest BCUT2D eigenvalue weighted by Gasteiger charge is 2.23. The zero-order valence-electron chi connectivity index (χ0n) is 5.80. The van der Waals surface area contributed by atoms with E-state index in [0.717, 1.165) is 23.7 Å². The number of nitrogens with two attached hydrogens (primary N) is 1. The Bertz CT molecular complexity index is 225. The maximum Gasteiger partial charge on any atom is 0.0854 e. The van der Waals surface area contributed by atoms with Crippen molar-refractivity contribution < 1.29 is 0 Å². The minimum absolute atomic E-state index is 0.812. The van der Waals surface area contributed by atoms with E-state index in [1.54, 1.807) is 6.20 Å². The molecule has 0 unspecified atom stereocenters. The molecule has 3 heteroatoms. The molecule has 1 saturated carbocycles. The maximum absolute atomic E-state index is 5.62. The number of H-pyrrole nitrogens is 1. The number of nitrogens with zero attached hydrogens (tertiary/aromatic N) is 1. The molecule has 1 aromatic heterocycles. The summed E-state index contributed by atoms with van der Waals surface area (Å²) in [4.78, 5) is 0. The van der Waals surface area contributed by atoms with E-state index < -0.39 is 0 Å².